The molecule has 0 aromatic heterocycles. The van der Waals surface area contributed by atoms with Gasteiger partial charge in [-0.1, -0.05) is 17.7 Å². The smallest absolute Gasteiger partial charge is 0.181 e. The number of ketones is 1. The van der Waals surface area contributed by atoms with Crippen molar-refractivity contribution in [1.29, 1.82) is 0 Å². The number of nitrogen functional groups attached to an aromatic ring is 1. The van der Waals surface area contributed by atoms with Crippen LogP contribution >= 0.6 is 11.6 Å². The number of Topliss-reactive ketones (excluding diaryl/α,β-unsaturated/α-hetero) is 1. The zero-order chi connectivity index (χ0) is 13.2. The number of nitrogens with two attached hydrogens (primary N) is 1. The Bertz CT molecular complexity index is 424. The van der Waals surface area contributed by atoms with Crippen LogP contribution in [0, 0.1) is 0 Å². The lowest BCUT2D eigenvalue weighted by atomic mass is 10.0. The number of hydrogen-bond donors (Lipinski definition) is 2. The summed E-state index contributed by atoms with van der Waals surface area (Å²) in [5.74, 6) is -0.0417. The molecule has 0 spiro atoms. The van der Waals surface area contributed by atoms with Crippen molar-refractivity contribution in [2.24, 2.45) is 0 Å². The Hall–Kier alpha value is -1.06. The molecule has 0 heterocycles. The third-order valence-corrected chi connectivity index (χ3v) is 2.69. The van der Waals surface area contributed by atoms with Gasteiger partial charge in [-0.15, -0.1) is 0 Å². The van der Waals surface area contributed by atoms with Gasteiger partial charge in [0.05, 0.1) is 16.8 Å². The maximum Gasteiger partial charge on any atom is 0.181 e. The lowest BCUT2D eigenvalue weighted by molar-refractivity contribution is 0.0936. The summed E-state index contributed by atoms with van der Waals surface area (Å²) < 4.78 is 0. The number of para-hydroxylation sites is 1. The third-order valence-electron chi connectivity index (χ3n) is 2.36. The quantitative estimate of drug-likeness (QED) is 0.644. The SMILES string of the molecule is CC(NC(C)(C)C)C(=O)c1cccc(Cl)c1N. The molecule has 17 heavy (non-hydrogen) atoms. The van der Waals surface area contributed by atoms with Gasteiger partial charge >= 0.3 is 0 Å². The van der Waals surface area contributed by atoms with E-state index < -0.39 is 0 Å². The summed E-state index contributed by atoms with van der Waals surface area (Å²) in [6.07, 6.45) is 0. The monoisotopic (exact) mass is 254 g/mol. The van der Waals surface area contributed by atoms with Gasteiger partial charge in [-0.25, -0.2) is 0 Å². The molecule has 4 heteroatoms. The summed E-state index contributed by atoms with van der Waals surface area (Å²) >= 11 is 5.90. The van der Waals surface area contributed by atoms with Crippen molar-refractivity contribution >= 4 is 23.1 Å². The number of rotatable bonds is 3. The Kier molecular flexibility index (Phi) is 4.17. The molecule has 1 atom stereocenters. The minimum atomic E-state index is -0.296. The van der Waals surface area contributed by atoms with Crippen LogP contribution in [-0.4, -0.2) is 17.4 Å². The van der Waals surface area contributed by atoms with Gasteiger partial charge in [0.2, 0.25) is 0 Å². The van der Waals surface area contributed by atoms with Crippen molar-refractivity contribution in [3.8, 4) is 0 Å². The van der Waals surface area contributed by atoms with Crippen molar-refractivity contribution in [2.45, 2.75) is 39.3 Å². The second-order valence-electron chi connectivity index (χ2n) is 5.18. The fourth-order valence-electron chi connectivity index (χ4n) is 1.70. The Labute approximate surface area is 107 Å². The topological polar surface area (TPSA) is 55.1 Å². The maximum absolute atomic E-state index is 12.2. The molecule has 1 aromatic carbocycles. The summed E-state index contributed by atoms with van der Waals surface area (Å²) in [6.45, 7) is 7.86. The molecular weight excluding hydrogens is 236 g/mol. The molecule has 94 valence electrons. The summed E-state index contributed by atoms with van der Waals surface area (Å²) in [5, 5.41) is 3.63. The van der Waals surface area contributed by atoms with Crippen LogP contribution in [0.15, 0.2) is 18.2 Å². The highest BCUT2D eigenvalue weighted by Crippen LogP contribution is 2.23. The van der Waals surface area contributed by atoms with Crippen molar-refractivity contribution in [3.05, 3.63) is 28.8 Å². The van der Waals surface area contributed by atoms with Gasteiger partial charge in [0.25, 0.3) is 0 Å². The maximum atomic E-state index is 12.2. The number of hydrogen-bond acceptors (Lipinski definition) is 3. The van der Waals surface area contributed by atoms with Crippen LogP contribution in [0.1, 0.15) is 38.1 Å². The molecular formula is C13H19ClN2O. The fourth-order valence-corrected chi connectivity index (χ4v) is 1.87. The van der Waals surface area contributed by atoms with E-state index in [0.717, 1.165) is 0 Å². The van der Waals surface area contributed by atoms with E-state index in [4.69, 9.17) is 17.3 Å². The first-order chi connectivity index (χ1) is 7.72. The average Bonchev–Trinajstić information content (AvgIpc) is 2.18. The Morgan fingerprint density at radius 2 is 2.00 bits per heavy atom. The summed E-state index contributed by atoms with van der Waals surface area (Å²) in [6, 6.07) is 4.81. The van der Waals surface area contributed by atoms with E-state index >= 15 is 0 Å². The van der Waals surface area contributed by atoms with E-state index in [9.17, 15) is 4.79 Å². The highest BCUT2D eigenvalue weighted by atomic mass is 35.5. The summed E-state index contributed by atoms with van der Waals surface area (Å²) in [7, 11) is 0. The molecule has 1 aromatic rings. The molecule has 1 unspecified atom stereocenters. The number of carbonyl (C=O) groups excluding carboxylic acids is 1. The first kappa shape index (κ1) is 14.0. The van der Waals surface area contributed by atoms with Crippen LogP contribution in [0.2, 0.25) is 5.02 Å². The first-order valence-corrected chi connectivity index (χ1v) is 5.96. The summed E-state index contributed by atoms with van der Waals surface area (Å²) in [5.41, 5.74) is 6.50. The predicted molar refractivity (Wildman–Crippen MR) is 72.5 cm³/mol. The predicted octanol–water partition coefficient (Wildman–Crippen LogP) is 2.88. The van der Waals surface area contributed by atoms with Crippen molar-refractivity contribution < 1.29 is 4.79 Å². The van der Waals surface area contributed by atoms with Gasteiger partial charge in [0, 0.05) is 11.1 Å². The lowest BCUT2D eigenvalue weighted by Crippen LogP contribution is -2.46. The van der Waals surface area contributed by atoms with Crippen molar-refractivity contribution in [3.63, 3.8) is 0 Å². The van der Waals surface area contributed by atoms with Crippen LogP contribution < -0.4 is 11.1 Å². The molecule has 0 aliphatic heterocycles. The minimum absolute atomic E-state index is 0.0417. The normalized spacial score (nSPS) is 13.5. The number of nitrogens with one attached hydrogen (secondary N) is 1. The standard InChI is InChI=1S/C13H19ClN2O/c1-8(16-13(2,3)4)12(17)9-6-5-7-10(14)11(9)15/h5-8,16H,15H2,1-4H3. The lowest BCUT2D eigenvalue weighted by Gasteiger charge is -2.25. The van der Waals surface area contributed by atoms with Crippen LogP contribution in [0.25, 0.3) is 0 Å². The van der Waals surface area contributed by atoms with Gasteiger partial charge in [-0.3, -0.25) is 4.79 Å². The number of halogens is 1. The molecule has 0 radical (unpaired) electrons. The van der Waals surface area contributed by atoms with E-state index in [0.29, 0.717) is 16.3 Å². The average molecular weight is 255 g/mol. The second-order valence-corrected chi connectivity index (χ2v) is 5.59. The zero-order valence-corrected chi connectivity index (χ0v) is 11.4. The summed E-state index contributed by atoms with van der Waals surface area (Å²) in [4.78, 5) is 12.2. The molecule has 0 fully saturated rings. The van der Waals surface area contributed by atoms with Gasteiger partial charge in [0.1, 0.15) is 0 Å². The largest absolute Gasteiger partial charge is 0.397 e. The molecule has 1 rings (SSSR count). The number of benzene rings is 1. The Morgan fingerprint density at radius 3 is 2.53 bits per heavy atom. The molecule has 3 nitrogen and oxygen atoms in total. The zero-order valence-electron chi connectivity index (χ0n) is 10.7. The first-order valence-electron chi connectivity index (χ1n) is 5.58. The molecule has 0 saturated heterocycles. The van der Waals surface area contributed by atoms with Crippen LogP contribution in [0.3, 0.4) is 0 Å². The third kappa shape index (κ3) is 3.72. The fraction of sp³-hybridized carbons (Fsp3) is 0.462. The van der Waals surface area contributed by atoms with E-state index in [1.807, 2.05) is 27.7 Å². The second kappa shape index (κ2) is 5.07. The number of carbonyl (C=O) groups is 1. The molecule has 0 saturated carbocycles. The van der Waals surface area contributed by atoms with Gasteiger partial charge < -0.3 is 11.1 Å². The molecule has 0 aliphatic rings. The molecule has 0 bridgehead atoms. The molecule has 3 N–H and O–H groups in total. The van der Waals surface area contributed by atoms with Gasteiger partial charge in [-0.2, -0.15) is 0 Å². The Morgan fingerprint density at radius 1 is 1.41 bits per heavy atom. The number of anilines is 1. The molecule has 0 aliphatic carbocycles. The van der Waals surface area contributed by atoms with E-state index in [1.54, 1.807) is 18.2 Å². The van der Waals surface area contributed by atoms with Gasteiger partial charge in [-0.05, 0) is 39.8 Å². The van der Waals surface area contributed by atoms with Crippen LogP contribution in [0.4, 0.5) is 5.69 Å². The highest BCUT2D eigenvalue weighted by molar-refractivity contribution is 6.34. The van der Waals surface area contributed by atoms with Crippen molar-refractivity contribution in [1.82, 2.24) is 5.32 Å². The van der Waals surface area contributed by atoms with E-state index in [1.165, 1.54) is 0 Å². The van der Waals surface area contributed by atoms with Crippen LogP contribution in [-0.2, 0) is 0 Å². The highest BCUT2D eigenvalue weighted by Gasteiger charge is 2.22. The van der Waals surface area contributed by atoms with Crippen molar-refractivity contribution in [2.75, 3.05) is 5.73 Å². The van der Waals surface area contributed by atoms with E-state index in [-0.39, 0.29) is 17.4 Å². The van der Waals surface area contributed by atoms with E-state index in [2.05, 4.69) is 5.32 Å². The Balaban J connectivity index is 2.93. The minimum Gasteiger partial charge on any atom is -0.397 e. The molecule has 0 amide bonds. The van der Waals surface area contributed by atoms with Crippen LogP contribution in [0.5, 0.6) is 0 Å². The van der Waals surface area contributed by atoms with Gasteiger partial charge in [0.15, 0.2) is 5.78 Å².